The van der Waals surface area contributed by atoms with Gasteiger partial charge in [-0.15, -0.1) is 11.3 Å². The first kappa shape index (κ1) is 13.1. The Kier molecular flexibility index (Phi) is 4.39. The Morgan fingerprint density at radius 3 is 2.78 bits per heavy atom. The van der Waals surface area contributed by atoms with E-state index in [-0.39, 0.29) is 0 Å². The Bertz CT molecular complexity index is 381. The van der Waals surface area contributed by atoms with Crippen molar-refractivity contribution in [2.45, 2.75) is 50.7 Å². The molecule has 3 rings (SSSR count). The topological polar surface area (TPSA) is 24.1 Å². The number of thiophene rings is 1. The van der Waals surface area contributed by atoms with Crippen molar-refractivity contribution in [3.05, 3.63) is 20.8 Å². The molecule has 0 radical (unpaired) electrons. The molecule has 1 aromatic heterocycles. The van der Waals surface area contributed by atoms with Crippen LogP contribution in [-0.2, 0) is 6.54 Å². The van der Waals surface area contributed by atoms with Gasteiger partial charge in [-0.1, -0.05) is 0 Å². The molecule has 2 atom stereocenters. The fourth-order valence-corrected chi connectivity index (χ4v) is 4.80. The maximum atomic E-state index is 3.72. The Hall–Kier alpha value is 0.1000. The molecule has 2 bridgehead atoms. The molecular weight excluding hydrogens is 308 g/mol. The second-order valence-electron chi connectivity index (χ2n) is 5.67. The molecule has 0 saturated carbocycles. The van der Waals surface area contributed by atoms with Gasteiger partial charge in [-0.2, -0.15) is 0 Å². The molecule has 0 aliphatic carbocycles. The highest BCUT2D eigenvalue weighted by Crippen LogP contribution is 2.32. The molecule has 0 amide bonds. The van der Waals surface area contributed by atoms with E-state index in [0.717, 1.165) is 24.5 Å². The lowest BCUT2D eigenvalue weighted by atomic mass is 9.90. The Morgan fingerprint density at radius 1 is 1.33 bits per heavy atom. The Morgan fingerprint density at radius 2 is 2.11 bits per heavy atom. The predicted octanol–water partition coefficient (Wildman–Crippen LogP) is 3.52. The van der Waals surface area contributed by atoms with Gasteiger partial charge >= 0.3 is 0 Å². The molecule has 2 unspecified atom stereocenters. The van der Waals surface area contributed by atoms with E-state index < -0.39 is 0 Å². The number of nitrogens with one attached hydrogen (secondary N) is 2. The van der Waals surface area contributed by atoms with Crippen LogP contribution in [0.25, 0.3) is 0 Å². The number of halogens is 1. The summed E-state index contributed by atoms with van der Waals surface area (Å²) in [5.74, 6) is 0.950. The molecular formula is C14H21BrN2S. The maximum absolute atomic E-state index is 3.72. The average molecular weight is 329 g/mol. The third kappa shape index (κ3) is 3.35. The second kappa shape index (κ2) is 6.04. The minimum Gasteiger partial charge on any atom is -0.312 e. The van der Waals surface area contributed by atoms with Crippen LogP contribution in [0.4, 0.5) is 0 Å². The number of hydrogen-bond acceptors (Lipinski definition) is 3. The van der Waals surface area contributed by atoms with Crippen molar-refractivity contribution in [2.24, 2.45) is 5.92 Å². The van der Waals surface area contributed by atoms with Gasteiger partial charge in [0.1, 0.15) is 0 Å². The molecule has 0 spiro atoms. The van der Waals surface area contributed by atoms with Gasteiger partial charge in [0.2, 0.25) is 0 Å². The number of fused-ring (bicyclic) bond motifs is 2. The van der Waals surface area contributed by atoms with Gasteiger partial charge in [0, 0.05) is 33.4 Å². The Labute approximate surface area is 122 Å². The highest BCUT2D eigenvalue weighted by molar-refractivity contribution is 9.10. The number of rotatable bonds is 5. The molecule has 2 aliphatic heterocycles. The quantitative estimate of drug-likeness (QED) is 0.808. The summed E-state index contributed by atoms with van der Waals surface area (Å²) in [4.78, 5) is 1.42. The van der Waals surface area contributed by atoms with E-state index >= 15 is 0 Å². The van der Waals surface area contributed by atoms with Gasteiger partial charge in [0.25, 0.3) is 0 Å². The highest BCUT2D eigenvalue weighted by Gasteiger charge is 2.32. The summed E-state index contributed by atoms with van der Waals surface area (Å²) in [5.41, 5.74) is 0. The number of piperidine rings is 1. The SMILES string of the molecule is Brc1csc(CNCCC2CC3CCC(C2)N3)c1. The summed E-state index contributed by atoms with van der Waals surface area (Å²) in [6.45, 7) is 2.19. The molecule has 0 aromatic carbocycles. The molecule has 4 heteroatoms. The fraction of sp³-hybridized carbons (Fsp3) is 0.714. The minimum absolute atomic E-state index is 0.835. The Balaban J connectivity index is 1.35. The predicted molar refractivity (Wildman–Crippen MR) is 81.0 cm³/mol. The third-order valence-corrected chi connectivity index (χ3v) is 5.92. The largest absolute Gasteiger partial charge is 0.312 e. The first-order valence-electron chi connectivity index (χ1n) is 6.99. The van der Waals surface area contributed by atoms with E-state index in [0.29, 0.717) is 0 Å². The zero-order valence-electron chi connectivity index (χ0n) is 10.6. The van der Waals surface area contributed by atoms with Crippen LogP contribution in [0.1, 0.15) is 37.0 Å². The fourth-order valence-electron chi connectivity index (χ4n) is 3.38. The smallest absolute Gasteiger partial charge is 0.0300 e. The van der Waals surface area contributed by atoms with Crippen molar-refractivity contribution in [3.63, 3.8) is 0 Å². The molecule has 1 aromatic rings. The van der Waals surface area contributed by atoms with Crippen LogP contribution >= 0.6 is 27.3 Å². The lowest BCUT2D eigenvalue weighted by Gasteiger charge is -2.29. The van der Waals surface area contributed by atoms with E-state index in [1.165, 1.54) is 48.0 Å². The van der Waals surface area contributed by atoms with E-state index in [9.17, 15) is 0 Å². The lowest BCUT2D eigenvalue weighted by Crippen LogP contribution is -2.38. The summed E-state index contributed by atoms with van der Waals surface area (Å²) in [6, 6.07) is 3.88. The van der Waals surface area contributed by atoms with Crippen LogP contribution in [0.5, 0.6) is 0 Å². The second-order valence-corrected chi connectivity index (χ2v) is 7.58. The van der Waals surface area contributed by atoms with Gasteiger partial charge in [0.15, 0.2) is 0 Å². The van der Waals surface area contributed by atoms with Crippen molar-refractivity contribution < 1.29 is 0 Å². The molecule has 100 valence electrons. The first-order chi connectivity index (χ1) is 8.79. The summed E-state index contributed by atoms with van der Waals surface area (Å²) in [6.07, 6.45) is 6.99. The van der Waals surface area contributed by atoms with Crippen molar-refractivity contribution in [1.82, 2.24) is 10.6 Å². The van der Waals surface area contributed by atoms with Crippen LogP contribution in [0.15, 0.2) is 15.9 Å². The summed E-state index contributed by atoms with van der Waals surface area (Å²) in [7, 11) is 0. The van der Waals surface area contributed by atoms with Crippen molar-refractivity contribution in [1.29, 1.82) is 0 Å². The number of hydrogen-bond donors (Lipinski definition) is 2. The lowest BCUT2D eigenvalue weighted by molar-refractivity contribution is 0.283. The maximum Gasteiger partial charge on any atom is 0.0300 e. The molecule has 2 aliphatic rings. The van der Waals surface area contributed by atoms with Crippen LogP contribution in [-0.4, -0.2) is 18.6 Å². The molecule has 2 nitrogen and oxygen atoms in total. The van der Waals surface area contributed by atoms with Crippen molar-refractivity contribution in [2.75, 3.05) is 6.54 Å². The van der Waals surface area contributed by atoms with Crippen LogP contribution < -0.4 is 10.6 Å². The molecule has 3 heterocycles. The zero-order valence-corrected chi connectivity index (χ0v) is 13.0. The van der Waals surface area contributed by atoms with Gasteiger partial charge in [0.05, 0.1) is 0 Å². The molecule has 18 heavy (non-hydrogen) atoms. The van der Waals surface area contributed by atoms with Gasteiger partial charge in [-0.3, -0.25) is 0 Å². The molecule has 2 saturated heterocycles. The van der Waals surface area contributed by atoms with Gasteiger partial charge in [-0.05, 0) is 66.6 Å². The van der Waals surface area contributed by atoms with Crippen LogP contribution in [0.2, 0.25) is 0 Å². The minimum atomic E-state index is 0.835. The standard InChI is InChI=1S/C14H21BrN2S/c15-11-7-14(18-9-11)8-16-4-3-10-5-12-1-2-13(6-10)17-12/h7,9-10,12-13,16-17H,1-6,8H2. The van der Waals surface area contributed by atoms with E-state index in [1.54, 1.807) is 0 Å². The third-order valence-electron chi connectivity index (χ3n) is 4.22. The molecule has 2 N–H and O–H groups in total. The highest BCUT2D eigenvalue weighted by atomic mass is 79.9. The summed E-state index contributed by atoms with van der Waals surface area (Å²) >= 11 is 5.33. The summed E-state index contributed by atoms with van der Waals surface area (Å²) < 4.78 is 1.21. The van der Waals surface area contributed by atoms with Crippen molar-refractivity contribution >= 4 is 27.3 Å². The van der Waals surface area contributed by atoms with Gasteiger partial charge in [-0.25, -0.2) is 0 Å². The zero-order chi connectivity index (χ0) is 12.4. The van der Waals surface area contributed by atoms with E-state index in [1.807, 2.05) is 11.3 Å². The van der Waals surface area contributed by atoms with E-state index in [2.05, 4.69) is 38.0 Å². The molecule has 2 fully saturated rings. The monoisotopic (exact) mass is 328 g/mol. The van der Waals surface area contributed by atoms with Crippen molar-refractivity contribution in [3.8, 4) is 0 Å². The van der Waals surface area contributed by atoms with E-state index in [4.69, 9.17) is 0 Å². The average Bonchev–Trinajstić information content (AvgIpc) is 2.91. The summed E-state index contributed by atoms with van der Waals surface area (Å²) in [5, 5.41) is 9.45. The van der Waals surface area contributed by atoms with Crippen LogP contribution in [0, 0.1) is 5.92 Å². The van der Waals surface area contributed by atoms with Gasteiger partial charge < -0.3 is 10.6 Å². The normalized spacial score (nSPS) is 30.8. The first-order valence-corrected chi connectivity index (χ1v) is 8.66. The van der Waals surface area contributed by atoms with Crippen LogP contribution in [0.3, 0.4) is 0 Å².